The fourth-order valence-corrected chi connectivity index (χ4v) is 4.30. The molecule has 0 aromatic heterocycles. The first-order valence-corrected chi connectivity index (χ1v) is 12.6. The van der Waals surface area contributed by atoms with Crippen molar-refractivity contribution in [3.63, 3.8) is 0 Å². The number of anilines is 1. The summed E-state index contributed by atoms with van der Waals surface area (Å²) in [5.41, 5.74) is 10.2. The van der Waals surface area contributed by atoms with Crippen LogP contribution in [0.4, 0.5) is 5.69 Å². The Morgan fingerprint density at radius 1 is 1.03 bits per heavy atom. The van der Waals surface area contributed by atoms with Crippen molar-refractivity contribution < 1.29 is 9.47 Å². The van der Waals surface area contributed by atoms with Gasteiger partial charge in [-0.1, -0.05) is 43.8 Å². The highest BCUT2D eigenvalue weighted by Gasteiger charge is 2.35. The molecule has 0 spiro atoms. The summed E-state index contributed by atoms with van der Waals surface area (Å²) >= 11 is 1.61. The molecule has 1 aliphatic rings. The quantitative estimate of drug-likeness (QED) is 0.368. The number of aliphatic imine (C=N–C) groups is 1. The number of ether oxygens (including phenoxy) is 2. The van der Waals surface area contributed by atoms with Gasteiger partial charge in [0.1, 0.15) is 6.17 Å². The number of hydrazine groups is 1. The molecule has 0 saturated carbocycles. The Balaban J connectivity index is 1.83. The fraction of sp³-hybridized carbons (Fsp3) is 0.480. The first-order chi connectivity index (χ1) is 15.5. The standard InChI is InChI=1S/C25H36N4O2S/c1-7-30-21-14-11-19(15-22(21)31-8-2)23-17(5)28-29-24(23)27-25(32-6)26-20-12-9-18(10-13-20)16(3)4/h9-17,23-24,28-29H,7-8H2,1-6H3,(H,26,27). The van der Waals surface area contributed by atoms with Gasteiger partial charge in [-0.25, -0.2) is 10.4 Å². The van der Waals surface area contributed by atoms with Crippen molar-refractivity contribution in [2.24, 2.45) is 4.99 Å². The molecule has 0 radical (unpaired) electrons. The number of hydrogen-bond donors (Lipinski definition) is 3. The van der Waals surface area contributed by atoms with Gasteiger partial charge in [-0.3, -0.25) is 5.43 Å². The monoisotopic (exact) mass is 456 g/mol. The fourth-order valence-electron chi connectivity index (χ4n) is 3.87. The highest BCUT2D eigenvalue weighted by Crippen LogP contribution is 2.35. The molecule has 174 valence electrons. The normalized spacial score (nSPS) is 21.1. The van der Waals surface area contributed by atoms with E-state index >= 15 is 0 Å². The predicted octanol–water partition coefficient (Wildman–Crippen LogP) is 5.34. The minimum Gasteiger partial charge on any atom is -0.490 e. The smallest absolute Gasteiger partial charge is 0.162 e. The molecule has 3 unspecified atom stereocenters. The molecule has 1 aliphatic heterocycles. The van der Waals surface area contributed by atoms with Gasteiger partial charge >= 0.3 is 0 Å². The van der Waals surface area contributed by atoms with E-state index in [1.165, 1.54) is 5.56 Å². The molecule has 7 heteroatoms. The molecule has 1 saturated heterocycles. The zero-order chi connectivity index (χ0) is 23.1. The van der Waals surface area contributed by atoms with E-state index in [-0.39, 0.29) is 18.1 Å². The summed E-state index contributed by atoms with van der Waals surface area (Å²) in [7, 11) is 0. The van der Waals surface area contributed by atoms with E-state index < -0.39 is 0 Å². The van der Waals surface area contributed by atoms with E-state index in [1.54, 1.807) is 11.8 Å². The number of thioether (sulfide) groups is 1. The second-order valence-electron chi connectivity index (χ2n) is 8.16. The first kappa shape index (κ1) is 24.4. The molecule has 2 aromatic carbocycles. The van der Waals surface area contributed by atoms with Crippen LogP contribution in [0, 0.1) is 0 Å². The predicted molar refractivity (Wildman–Crippen MR) is 136 cm³/mol. The van der Waals surface area contributed by atoms with Gasteiger partial charge < -0.3 is 14.8 Å². The maximum absolute atomic E-state index is 5.85. The molecule has 1 fully saturated rings. The van der Waals surface area contributed by atoms with E-state index in [9.17, 15) is 0 Å². The average Bonchev–Trinajstić information content (AvgIpc) is 3.15. The van der Waals surface area contributed by atoms with Crippen LogP contribution in [-0.4, -0.2) is 36.8 Å². The maximum Gasteiger partial charge on any atom is 0.162 e. The summed E-state index contributed by atoms with van der Waals surface area (Å²) in [6, 6.07) is 15.0. The van der Waals surface area contributed by atoms with Crippen molar-refractivity contribution in [3.05, 3.63) is 53.6 Å². The number of rotatable bonds is 8. The van der Waals surface area contributed by atoms with Crippen molar-refractivity contribution in [2.45, 2.75) is 58.7 Å². The third kappa shape index (κ3) is 5.97. The average molecular weight is 457 g/mol. The largest absolute Gasteiger partial charge is 0.490 e. The Morgan fingerprint density at radius 2 is 1.72 bits per heavy atom. The number of benzene rings is 2. The lowest BCUT2D eigenvalue weighted by molar-refractivity contribution is 0.287. The van der Waals surface area contributed by atoms with Gasteiger partial charge in [-0.2, -0.15) is 0 Å². The number of amidine groups is 1. The van der Waals surface area contributed by atoms with Crippen molar-refractivity contribution >= 4 is 22.6 Å². The molecule has 3 rings (SSSR count). The van der Waals surface area contributed by atoms with Gasteiger partial charge in [0.05, 0.1) is 13.2 Å². The van der Waals surface area contributed by atoms with Gasteiger partial charge in [0.15, 0.2) is 16.7 Å². The second-order valence-corrected chi connectivity index (χ2v) is 8.96. The van der Waals surface area contributed by atoms with E-state index in [0.717, 1.165) is 27.9 Å². The Labute approximate surface area is 196 Å². The van der Waals surface area contributed by atoms with Crippen LogP contribution in [0.5, 0.6) is 11.5 Å². The summed E-state index contributed by atoms with van der Waals surface area (Å²) < 4.78 is 11.6. The third-order valence-electron chi connectivity index (χ3n) is 5.57. The summed E-state index contributed by atoms with van der Waals surface area (Å²) in [6.07, 6.45) is 1.93. The van der Waals surface area contributed by atoms with Gasteiger partial charge in [0.25, 0.3) is 0 Å². The van der Waals surface area contributed by atoms with Gasteiger partial charge in [-0.05, 0) is 68.3 Å². The van der Waals surface area contributed by atoms with Gasteiger partial charge in [0.2, 0.25) is 0 Å². The summed E-state index contributed by atoms with van der Waals surface area (Å²) in [5, 5.41) is 4.34. The summed E-state index contributed by atoms with van der Waals surface area (Å²) in [6.45, 7) is 11.7. The molecule has 1 heterocycles. The topological polar surface area (TPSA) is 66.9 Å². The van der Waals surface area contributed by atoms with E-state index in [0.29, 0.717) is 19.1 Å². The van der Waals surface area contributed by atoms with Crippen molar-refractivity contribution in [3.8, 4) is 11.5 Å². The van der Waals surface area contributed by atoms with Crippen LogP contribution >= 0.6 is 11.8 Å². The lowest BCUT2D eigenvalue weighted by Crippen LogP contribution is -2.32. The minimum atomic E-state index is -0.109. The molecule has 2 aromatic rings. The highest BCUT2D eigenvalue weighted by molar-refractivity contribution is 8.13. The van der Waals surface area contributed by atoms with E-state index in [4.69, 9.17) is 14.5 Å². The van der Waals surface area contributed by atoms with Crippen LogP contribution in [0.25, 0.3) is 0 Å². The lowest BCUT2D eigenvalue weighted by Gasteiger charge is -2.21. The van der Waals surface area contributed by atoms with Gasteiger partial charge in [-0.15, -0.1) is 0 Å². The molecule has 32 heavy (non-hydrogen) atoms. The lowest BCUT2D eigenvalue weighted by atomic mass is 9.91. The Hall–Kier alpha value is -2.22. The Kier molecular flexibility index (Phi) is 8.84. The maximum atomic E-state index is 5.85. The van der Waals surface area contributed by atoms with Crippen molar-refractivity contribution in [2.75, 3.05) is 24.8 Å². The van der Waals surface area contributed by atoms with Crippen LogP contribution in [0.2, 0.25) is 0 Å². The highest BCUT2D eigenvalue weighted by atomic mass is 32.2. The van der Waals surface area contributed by atoms with Crippen molar-refractivity contribution in [1.82, 2.24) is 10.9 Å². The molecular formula is C25H36N4O2S. The molecule has 3 atom stereocenters. The van der Waals surface area contributed by atoms with Crippen LogP contribution in [0.15, 0.2) is 47.5 Å². The third-order valence-corrected chi connectivity index (χ3v) is 6.16. The van der Waals surface area contributed by atoms with E-state index in [1.807, 2.05) is 26.2 Å². The second kappa shape index (κ2) is 11.6. The minimum absolute atomic E-state index is 0.109. The van der Waals surface area contributed by atoms with Crippen LogP contribution in [-0.2, 0) is 0 Å². The molecule has 0 bridgehead atoms. The number of nitrogens with zero attached hydrogens (tertiary/aromatic N) is 1. The zero-order valence-corrected chi connectivity index (χ0v) is 20.8. The molecular weight excluding hydrogens is 420 g/mol. The molecule has 6 nitrogen and oxygen atoms in total. The van der Waals surface area contributed by atoms with Crippen molar-refractivity contribution in [1.29, 1.82) is 0 Å². The first-order valence-electron chi connectivity index (χ1n) is 11.4. The van der Waals surface area contributed by atoms with E-state index in [2.05, 4.69) is 73.3 Å². The Morgan fingerprint density at radius 3 is 2.34 bits per heavy atom. The summed E-state index contributed by atoms with van der Waals surface area (Å²) in [4.78, 5) is 5.01. The zero-order valence-electron chi connectivity index (χ0n) is 19.9. The van der Waals surface area contributed by atoms with Crippen LogP contribution < -0.4 is 25.6 Å². The van der Waals surface area contributed by atoms with Crippen LogP contribution in [0.1, 0.15) is 57.6 Å². The molecule has 3 N–H and O–H groups in total. The van der Waals surface area contributed by atoms with Gasteiger partial charge in [0, 0.05) is 17.6 Å². The SMILES string of the molecule is CCOc1ccc(C2C(C)NNC2/N=C(/Nc2ccc(C(C)C)cc2)SC)cc1OCC. The summed E-state index contributed by atoms with van der Waals surface area (Å²) in [5.74, 6) is 2.23. The molecule has 0 aliphatic carbocycles. The van der Waals surface area contributed by atoms with Crippen LogP contribution in [0.3, 0.4) is 0 Å². The number of hydrogen-bond acceptors (Lipinski definition) is 6. The Bertz CT molecular complexity index is 901. The number of nitrogens with one attached hydrogen (secondary N) is 3. The molecule has 0 amide bonds.